The lowest BCUT2D eigenvalue weighted by molar-refractivity contribution is 0.0600. The second-order valence-corrected chi connectivity index (χ2v) is 9.89. The molecular formula is C24H25ClN2O6S. The number of halogens is 1. The van der Waals surface area contributed by atoms with E-state index in [1.807, 2.05) is 0 Å². The van der Waals surface area contributed by atoms with E-state index in [9.17, 15) is 18.3 Å². The van der Waals surface area contributed by atoms with Crippen LogP contribution in [-0.4, -0.2) is 44.2 Å². The number of sulfonamides is 1. The van der Waals surface area contributed by atoms with Gasteiger partial charge in [0.25, 0.3) is 10.0 Å². The monoisotopic (exact) mass is 504 g/mol. The van der Waals surface area contributed by atoms with Crippen LogP contribution in [0.4, 0.5) is 5.69 Å². The number of carbonyl (C=O) groups is 1. The number of pyridine rings is 1. The van der Waals surface area contributed by atoms with E-state index < -0.39 is 22.1 Å². The number of anilines is 1. The number of hydrogen-bond donors (Lipinski definition) is 1. The molecule has 1 aromatic heterocycles. The van der Waals surface area contributed by atoms with Crippen LogP contribution in [0.2, 0.25) is 5.02 Å². The van der Waals surface area contributed by atoms with E-state index in [1.54, 1.807) is 43.3 Å². The molecule has 0 aliphatic rings. The minimum Gasteiger partial charge on any atom is -0.487 e. The number of methoxy groups -OCH3 is 1. The highest BCUT2D eigenvalue weighted by molar-refractivity contribution is 7.92. The molecule has 10 heteroatoms. The Bertz CT molecular complexity index is 1250. The zero-order valence-electron chi connectivity index (χ0n) is 18.9. The fraction of sp³-hybridized carbons (Fsp3) is 0.250. The van der Waals surface area contributed by atoms with Crippen molar-refractivity contribution >= 4 is 33.3 Å². The number of aryl methyl sites for hydroxylation is 1. The van der Waals surface area contributed by atoms with Crippen molar-refractivity contribution in [2.75, 3.05) is 18.0 Å². The van der Waals surface area contributed by atoms with Crippen LogP contribution in [0.25, 0.3) is 0 Å². The van der Waals surface area contributed by atoms with Crippen molar-refractivity contribution in [2.24, 2.45) is 0 Å². The number of esters is 1. The van der Waals surface area contributed by atoms with E-state index in [4.69, 9.17) is 21.1 Å². The van der Waals surface area contributed by atoms with Crippen molar-refractivity contribution in [3.63, 3.8) is 0 Å². The summed E-state index contributed by atoms with van der Waals surface area (Å²) in [5, 5.41) is 10.5. The Morgan fingerprint density at radius 3 is 2.50 bits per heavy atom. The van der Waals surface area contributed by atoms with Crippen molar-refractivity contribution in [2.45, 2.75) is 31.5 Å². The summed E-state index contributed by atoms with van der Waals surface area (Å²) in [5.41, 5.74) is 2.02. The maximum atomic E-state index is 13.5. The normalized spacial score (nSPS) is 12.1. The van der Waals surface area contributed by atoms with Crippen molar-refractivity contribution in [1.82, 2.24) is 4.98 Å². The topological polar surface area (TPSA) is 106 Å². The largest absolute Gasteiger partial charge is 0.487 e. The van der Waals surface area contributed by atoms with Gasteiger partial charge in [-0.15, -0.1) is 0 Å². The number of rotatable bonds is 9. The number of nitrogens with zero attached hydrogens (tertiary/aromatic N) is 2. The highest BCUT2D eigenvalue weighted by Crippen LogP contribution is 2.37. The molecule has 8 nitrogen and oxygen atoms in total. The minimum atomic E-state index is -4.07. The van der Waals surface area contributed by atoms with Crippen LogP contribution in [0.3, 0.4) is 0 Å². The van der Waals surface area contributed by atoms with E-state index in [0.29, 0.717) is 16.1 Å². The van der Waals surface area contributed by atoms with E-state index in [-0.39, 0.29) is 29.5 Å². The molecule has 3 aromatic rings. The third kappa shape index (κ3) is 5.85. The summed E-state index contributed by atoms with van der Waals surface area (Å²) in [5.74, 6) is -0.227. The lowest BCUT2D eigenvalue weighted by Gasteiger charge is -2.28. The predicted octanol–water partition coefficient (Wildman–Crippen LogP) is 3.99. The number of aliphatic hydroxyl groups excluding tert-OH is 1. The van der Waals surface area contributed by atoms with Gasteiger partial charge in [-0.25, -0.2) is 13.2 Å². The van der Waals surface area contributed by atoms with E-state index in [1.165, 1.54) is 38.6 Å². The average molecular weight is 505 g/mol. The van der Waals surface area contributed by atoms with Gasteiger partial charge < -0.3 is 14.6 Å². The summed E-state index contributed by atoms with van der Waals surface area (Å²) >= 11 is 6.32. The smallest absolute Gasteiger partial charge is 0.337 e. The number of ether oxygens (including phenoxy) is 2. The molecule has 0 fully saturated rings. The Hall–Kier alpha value is -3.14. The van der Waals surface area contributed by atoms with Crippen LogP contribution in [0, 0.1) is 6.92 Å². The van der Waals surface area contributed by atoms with Gasteiger partial charge in [-0.2, -0.15) is 0 Å². The summed E-state index contributed by atoms with van der Waals surface area (Å²) in [6, 6.07) is 12.8. The molecule has 0 saturated carbocycles. The molecule has 0 radical (unpaired) electrons. The number of benzene rings is 2. The van der Waals surface area contributed by atoms with Crippen molar-refractivity contribution in [3.8, 4) is 5.75 Å². The van der Waals surface area contributed by atoms with E-state index in [2.05, 4.69) is 4.98 Å². The summed E-state index contributed by atoms with van der Waals surface area (Å²) < 4.78 is 38.7. The molecule has 1 N–H and O–H groups in total. The fourth-order valence-corrected chi connectivity index (χ4v) is 4.83. The lowest BCUT2D eigenvalue weighted by Crippen LogP contribution is -2.37. The molecule has 0 spiro atoms. The molecule has 3 rings (SSSR count). The third-order valence-electron chi connectivity index (χ3n) is 4.93. The number of carbonyl (C=O) groups excluding carboxylic acids is 1. The Balaban J connectivity index is 1.99. The first-order valence-electron chi connectivity index (χ1n) is 10.3. The molecular weight excluding hydrogens is 480 g/mol. The Morgan fingerprint density at radius 1 is 1.21 bits per heavy atom. The van der Waals surface area contributed by atoms with Crippen LogP contribution in [0.15, 0.2) is 65.8 Å². The molecule has 1 atom stereocenters. The second-order valence-electron chi connectivity index (χ2n) is 7.62. The zero-order chi connectivity index (χ0) is 24.9. The summed E-state index contributed by atoms with van der Waals surface area (Å²) in [4.78, 5) is 15.5. The molecule has 180 valence electrons. The summed E-state index contributed by atoms with van der Waals surface area (Å²) in [6.07, 6.45) is 1.77. The minimum absolute atomic E-state index is 0.0207. The van der Waals surface area contributed by atoms with Crippen LogP contribution in [0.5, 0.6) is 5.75 Å². The van der Waals surface area contributed by atoms with Crippen molar-refractivity contribution < 1.29 is 27.8 Å². The number of aliphatic hydroxyl groups is 1. The summed E-state index contributed by atoms with van der Waals surface area (Å²) in [6.45, 7) is 3.13. The lowest BCUT2D eigenvalue weighted by atomic mass is 10.1. The molecule has 34 heavy (non-hydrogen) atoms. The third-order valence-corrected chi connectivity index (χ3v) is 7.10. The highest BCUT2D eigenvalue weighted by Gasteiger charge is 2.29. The van der Waals surface area contributed by atoms with Crippen LogP contribution >= 0.6 is 11.6 Å². The SMILES string of the molecule is COC(=O)c1ccc(COc2cc(Cl)c(C)cc2N(C[C@H](C)O)S(=O)(=O)c2cccnc2)cc1. The first-order valence-corrected chi connectivity index (χ1v) is 12.2. The second kappa shape index (κ2) is 10.9. The molecule has 0 amide bonds. The molecule has 0 bridgehead atoms. The van der Waals surface area contributed by atoms with Crippen LogP contribution in [0.1, 0.15) is 28.4 Å². The van der Waals surface area contributed by atoms with Crippen molar-refractivity contribution in [3.05, 3.63) is 82.6 Å². The van der Waals surface area contributed by atoms with Crippen LogP contribution < -0.4 is 9.04 Å². The quantitative estimate of drug-likeness (QED) is 0.439. The van der Waals surface area contributed by atoms with E-state index in [0.717, 1.165) is 9.87 Å². The Kier molecular flexibility index (Phi) is 8.14. The van der Waals surface area contributed by atoms with Gasteiger partial charge in [0.2, 0.25) is 0 Å². The Morgan fingerprint density at radius 2 is 1.91 bits per heavy atom. The van der Waals surface area contributed by atoms with Gasteiger partial charge in [0.1, 0.15) is 17.3 Å². The van der Waals surface area contributed by atoms with Gasteiger partial charge in [-0.1, -0.05) is 23.7 Å². The predicted molar refractivity (Wildman–Crippen MR) is 129 cm³/mol. The van der Waals surface area contributed by atoms with Gasteiger partial charge in [-0.3, -0.25) is 9.29 Å². The molecule has 1 heterocycles. The first kappa shape index (κ1) is 25.5. The van der Waals surface area contributed by atoms with Crippen molar-refractivity contribution in [1.29, 1.82) is 0 Å². The van der Waals surface area contributed by atoms with Gasteiger partial charge in [0.05, 0.1) is 31.0 Å². The van der Waals surface area contributed by atoms with Gasteiger partial charge >= 0.3 is 5.97 Å². The molecule has 0 aliphatic carbocycles. The molecule has 0 aliphatic heterocycles. The fourth-order valence-electron chi connectivity index (χ4n) is 3.17. The molecule has 2 aromatic carbocycles. The first-order chi connectivity index (χ1) is 16.1. The number of aromatic nitrogens is 1. The van der Waals surface area contributed by atoms with Gasteiger partial charge in [0.15, 0.2) is 0 Å². The van der Waals surface area contributed by atoms with Crippen LogP contribution in [-0.2, 0) is 21.4 Å². The average Bonchev–Trinajstić information content (AvgIpc) is 2.83. The standard InChI is InChI=1S/C24H25ClN2O6S/c1-16-11-22(27(14-17(2)28)34(30,31)20-5-4-10-26-13-20)23(12-21(16)25)33-15-18-6-8-19(9-7-18)24(29)32-3/h4-13,17,28H,14-15H2,1-3H3/t17-/m0/s1. The van der Waals surface area contributed by atoms with Gasteiger partial charge in [0, 0.05) is 23.5 Å². The molecule has 0 unspecified atom stereocenters. The van der Waals surface area contributed by atoms with E-state index >= 15 is 0 Å². The molecule has 0 saturated heterocycles. The zero-order valence-corrected chi connectivity index (χ0v) is 20.5. The Labute approximate surface area is 203 Å². The van der Waals surface area contributed by atoms with Gasteiger partial charge in [-0.05, 0) is 55.3 Å². The number of hydrogen-bond acceptors (Lipinski definition) is 7. The maximum Gasteiger partial charge on any atom is 0.337 e. The maximum absolute atomic E-state index is 13.5. The highest BCUT2D eigenvalue weighted by atomic mass is 35.5. The summed E-state index contributed by atoms with van der Waals surface area (Å²) in [7, 11) is -2.76.